The molecule has 1 saturated heterocycles. The number of nitrogens with zero attached hydrogens (tertiary/aromatic N) is 1. The predicted octanol–water partition coefficient (Wildman–Crippen LogP) is 2.22. The van der Waals surface area contributed by atoms with Crippen LogP contribution in [0.15, 0.2) is 29.2 Å². The second kappa shape index (κ2) is 6.70. The van der Waals surface area contributed by atoms with Gasteiger partial charge in [0.15, 0.2) is 0 Å². The van der Waals surface area contributed by atoms with Crippen molar-refractivity contribution >= 4 is 10.0 Å². The third kappa shape index (κ3) is 3.81. The molecular weight excluding hydrogens is 272 g/mol. The summed E-state index contributed by atoms with van der Waals surface area (Å²) < 4.78 is 26.3. The molecule has 1 aliphatic heterocycles. The van der Waals surface area contributed by atoms with Gasteiger partial charge >= 0.3 is 0 Å². The SMILES string of the molecule is CC(C)CNCc1ccc(S(=O)(=O)N2CCCC2)cc1. The van der Waals surface area contributed by atoms with Crippen LogP contribution in [0, 0.1) is 5.92 Å². The summed E-state index contributed by atoms with van der Waals surface area (Å²) in [6.07, 6.45) is 1.94. The lowest BCUT2D eigenvalue weighted by molar-refractivity contribution is 0.477. The molecule has 0 amide bonds. The first-order valence-electron chi connectivity index (χ1n) is 7.30. The van der Waals surface area contributed by atoms with Gasteiger partial charge in [-0.3, -0.25) is 0 Å². The summed E-state index contributed by atoms with van der Waals surface area (Å²) in [5.74, 6) is 0.616. The molecule has 0 atom stereocenters. The van der Waals surface area contributed by atoms with Gasteiger partial charge < -0.3 is 5.32 Å². The maximum atomic E-state index is 12.4. The highest BCUT2D eigenvalue weighted by Crippen LogP contribution is 2.20. The smallest absolute Gasteiger partial charge is 0.243 e. The third-order valence-corrected chi connectivity index (χ3v) is 5.42. The Morgan fingerprint density at radius 1 is 1.15 bits per heavy atom. The number of sulfonamides is 1. The standard InChI is InChI=1S/C15H24N2O2S/c1-13(2)11-16-12-14-5-7-15(8-6-14)20(18,19)17-9-3-4-10-17/h5-8,13,16H,3-4,9-12H2,1-2H3. The van der Waals surface area contributed by atoms with Gasteiger partial charge in [-0.25, -0.2) is 8.42 Å². The molecule has 1 aromatic rings. The summed E-state index contributed by atoms with van der Waals surface area (Å²) in [5.41, 5.74) is 1.12. The van der Waals surface area contributed by atoms with Gasteiger partial charge in [-0.1, -0.05) is 26.0 Å². The molecule has 1 fully saturated rings. The zero-order chi connectivity index (χ0) is 14.6. The molecule has 20 heavy (non-hydrogen) atoms. The van der Waals surface area contributed by atoms with Crippen LogP contribution in [0.2, 0.25) is 0 Å². The van der Waals surface area contributed by atoms with Crippen LogP contribution in [0.25, 0.3) is 0 Å². The molecule has 0 unspecified atom stereocenters. The Kier molecular flexibility index (Phi) is 5.18. The van der Waals surface area contributed by atoms with Gasteiger partial charge in [0.05, 0.1) is 4.90 Å². The Morgan fingerprint density at radius 2 is 1.75 bits per heavy atom. The van der Waals surface area contributed by atoms with Crippen molar-refractivity contribution in [3.8, 4) is 0 Å². The molecular formula is C15H24N2O2S. The van der Waals surface area contributed by atoms with E-state index in [-0.39, 0.29) is 0 Å². The minimum atomic E-state index is -3.28. The van der Waals surface area contributed by atoms with Crippen LogP contribution in [-0.4, -0.2) is 32.4 Å². The van der Waals surface area contributed by atoms with Crippen molar-refractivity contribution in [2.24, 2.45) is 5.92 Å². The first kappa shape index (κ1) is 15.5. The van der Waals surface area contributed by atoms with Gasteiger partial charge in [0.25, 0.3) is 0 Å². The van der Waals surface area contributed by atoms with E-state index >= 15 is 0 Å². The highest BCUT2D eigenvalue weighted by atomic mass is 32.2. The quantitative estimate of drug-likeness (QED) is 0.875. The van der Waals surface area contributed by atoms with E-state index in [0.717, 1.165) is 31.5 Å². The van der Waals surface area contributed by atoms with Gasteiger partial charge in [-0.05, 0) is 43.0 Å². The Labute approximate surface area is 122 Å². The fourth-order valence-electron chi connectivity index (χ4n) is 2.36. The molecule has 0 aromatic heterocycles. The predicted molar refractivity (Wildman–Crippen MR) is 81.0 cm³/mol. The van der Waals surface area contributed by atoms with E-state index in [2.05, 4.69) is 19.2 Å². The summed E-state index contributed by atoms with van der Waals surface area (Å²) >= 11 is 0. The van der Waals surface area contributed by atoms with Crippen molar-refractivity contribution in [1.82, 2.24) is 9.62 Å². The fraction of sp³-hybridized carbons (Fsp3) is 0.600. The van der Waals surface area contributed by atoms with Gasteiger partial charge in [0.1, 0.15) is 0 Å². The minimum absolute atomic E-state index is 0.409. The normalized spacial score (nSPS) is 16.9. The van der Waals surface area contributed by atoms with Crippen molar-refractivity contribution in [1.29, 1.82) is 0 Å². The molecule has 1 aliphatic rings. The van der Waals surface area contributed by atoms with Crippen molar-refractivity contribution in [3.63, 3.8) is 0 Å². The largest absolute Gasteiger partial charge is 0.312 e. The Hall–Kier alpha value is -0.910. The molecule has 2 rings (SSSR count). The van der Waals surface area contributed by atoms with Crippen LogP contribution in [0.3, 0.4) is 0 Å². The lowest BCUT2D eigenvalue weighted by Crippen LogP contribution is -2.27. The van der Waals surface area contributed by atoms with Crippen LogP contribution < -0.4 is 5.32 Å². The summed E-state index contributed by atoms with van der Waals surface area (Å²) in [4.78, 5) is 0.409. The van der Waals surface area contributed by atoms with Crippen molar-refractivity contribution in [3.05, 3.63) is 29.8 Å². The topological polar surface area (TPSA) is 49.4 Å². The molecule has 0 aliphatic carbocycles. The summed E-state index contributed by atoms with van der Waals surface area (Å²) in [5, 5.41) is 3.35. The minimum Gasteiger partial charge on any atom is -0.312 e. The fourth-order valence-corrected chi connectivity index (χ4v) is 3.88. The van der Waals surface area contributed by atoms with Gasteiger partial charge in [-0.15, -0.1) is 0 Å². The number of benzene rings is 1. The lowest BCUT2D eigenvalue weighted by atomic mass is 10.2. The highest BCUT2D eigenvalue weighted by Gasteiger charge is 2.26. The van der Waals surface area contributed by atoms with Crippen LogP contribution in [0.5, 0.6) is 0 Å². The highest BCUT2D eigenvalue weighted by molar-refractivity contribution is 7.89. The van der Waals surface area contributed by atoms with E-state index in [0.29, 0.717) is 23.9 Å². The number of nitrogens with one attached hydrogen (secondary N) is 1. The third-order valence-electron chi connectivity index (χ3n) is 3.51. The van der Waals surface area contributed by atoms with E-state index in [9.17, 15) is 8.42 Å². The Balaban J connectivity index is 2.00. The van der Waals surface area contributed by atoms with E-state index in [1.807, 2.05) is 12.1 Å². The second-order valence-corrected chi connectivity index (χ2v) is 7.72. The molecule has 4 nitrogen and oxygen atoms in total. The van der Waals surface area contributed by atoms with Gasteiger partial charge in [-0.2, -0.15) is 4.31 Å². The first-order valence-corrected chi connectivity index (χ1v) is 8.74. The zero-order valence-electron chi connectivity index (χ0n) is 12.3. The van der Waals surface area contributed by atoms with E-state index < -0.39 is 10.0 Å². The molecule has 0 saturated carbocycles. The van der Waals surface area contributed by atoms with Gasteiger partial charge in [0.2, 0.25) is 10.0 Å². The molecule has 112 valence electrons. The summed E-state index contributed by atoms with van der Waals surface area (Å²) in [6, 6.07) is 7.24. The molecule has 1 aromatic carbocycles. The average Bonchev–Trinajstić information content (AvgIpc) is 2.93. The summed E-state index contributed by atoms with van der Waals surface area (Å²) in [6.45, 7) is 7.38. The van der Waals surface area contributed by atoms with E-state index in [1.165, 1.54) is 0 Å². The van der Waals surface area contributed by atoms with Gasteiger partial charge in [0, 0.05) is 19.6 Å². The van der Waals surface area contributed by atoms with Crippen molar-refractivity contribution < 1.29 is 8.42 Å². The maximum absolute atomic E-state index is 12.4. The van der Waals surface area contributed by atoms with Crippen LogP contribution in [-0.2, 0) is 16.6 Å². The number of rotatable bonds is 6. The van der Waals surface area contributed by atoms with Crippen molar-refractivity contribution in [2.75, 3.05) is 19.6 Å². The Bertz CT molecular complexity index is 517. The zero-order valence-corrected chi connectivity index (χ0v) is 13.1. The first-order chi connectivity index (χ1) is 9.50. The van der Waals surface area contributed by atoms with Crippen molar-refractivity contribution in [2.45, 2.75) is 38.1 Å². The molecule has 0 bridgehead atoms. The molecule has 0 spiro atoms. The van der Waals surface area contributed by atoms with Crippen LogP contribution in [0.1, 0.15) is 32.3 Å². The number of hydrogen-bond acceptors (Lipinski definition) is 3. The summed E-state index contributed by atoms with van der Waals surface area (Å²) in [7, 11) is -3.28. The maximum Gasteiger partial charge on any atom is 0.243 e. The molecule has 5 heteroatoms. The Morgan fingerprint density at radius 3 is 2.30 bits per heavy atom. The lowest BCUT2D eigenvalue weighted by Gasteiger charge is -2.15. The van der Waals surface area contributed by atoms with E-state index in [4.69, 9.17) is 0 Å². The number of hydrogen-bond donors (Lipinski definition) is 1. The molecule has 1 N–H and O–H groups in total. The molecule has 1 heterocycles. The molecule has 0 radical (unpaired) electrons. The van der Waals surface area contributed by atoms with E-state index in [1.54, 1.807) is 16.4 Å². The second-order valence-electron chi connectivity index (χ2n) is 5.78. The monoisotopic (exact) mass is 296 g/mol. The van der Waals surface area contributed by atoms with Crippen LogP contribution >= 0.6 is 0 Å². The average molecular weight is 296 g/mol. The van der Waals surface area contributed by atoms with Crippen LogP contribution in [0.4, 0.5) is 0 Å².